The highest BCUT2D eigenvalue weighted by Crippen LogP contribution is 2.74. The monoisotopic (exact) mass is 614 g/mol. The molecule has 5 rings (SSSR count). The number of fused-ring (bicyclic) bond motifs is 5. The Balaban J connectivity index is 0.000000555. The van der Waals surface area contributed by atoms with Gasteiger partial charge in [-0.2, -0.15) is 0 Å². The van der Waals surface area contributed by atoms with Crippen molar-refractivity contribution in [3.05, 3.63) is 22.8 Å². The molecule has 0 saturated heterocycles. The SMILES string of the molecule is CC(=O)O[C@H]1C[C@@]2(C)[C@@H](C[C@@H](O)[C@H]3[C@@]4(C)CC[C@@H](O)[C@@H](C)[C@@H]4CC[C@@]32C)/C1=C(\CCC=C(C)C)C(=O)O.O=C1CCCCC1. The van der Waals surface area contributed by atoms with Crippen LogP contribution < -0.4 is 0 Å². The van der Waals surface area contributed by atoms with Crippen LogP contribution in [-0.2, 0) is 19.1 Å². The fourth-order valence-corrected chi connectivity index (χ4v) is 10.7. The van der Waals surface area contributed by atoms with Crippen LogP contribution in [0.25, 0.3) is 0 Å². The van der Waals surface area contributed by atoms with E-state index in [2.05, 4.69) is 27.7 Å². The molecule has 3 N–H and O–H groups in total. The van der Waals surface area contributed by atoms with Crippen molar-refractivity contribution in [1.82, 2.24) is 0 Å². The number of aliphatic carboxylic acids is 1. The molecule has 0 aromatic carbocycles. The summed E-state index contributed by atoms with van der Waals surface area (Å²) in [6.45, 7) is 14.5. The molecule has 5 fully saturated rings. The third-order valence-electron chi connectivity index (χ3n) is 13.0. The van der Waals surface area contributed by atoms with Gasteiger partial charge in [-0.15, -0.1) is 0 Å². The Kier molecular flexibility index (Phi) is 10.6. The number of esters is 1. The molecule has 5 aliphatic carbocycles. The van der Waals surface area contributed by atoms with Gasteiger partial charge >= 0.3 is 11.9 Å². The molecule has 0 radical (unpaired) electrons. The number of Topliss-reactive ketones (excluding diaryl/α,β-unsaturated/α-hetero) is 1. The lowest BCUT2D eigenvalue weighted by Gasteiger charge is -2.69. The zero-order valence-corrected chi connectivity index (χ0v) is 28.3. The first-order valence-corrected chi connectivity index (χ1v) is 17.2. The van der Waals surface area contributed by atoms with Gasteiger partial charge in [0, 0.05) is 25.3 Å². The van der Waals surface area contributed by atoms with Gasteiger partial charge < -0.3 is 20.1 Å². The number of hydrogen-bond acceptors (Lipinski definition) is 6. The van der Waals surface area contributed by atoms with E-state index in [1.54, 1.807) is 0 Å². The molecular formula is C37H58O7. The summed E-state index contributed by atoms with van der Waals surface area (Å²) in [6.07, 6.45) is 11.5. The smallest absolute Gasteiger partial charge is 0.331 e. The molecule has 5 saturated carbocycles. The predicted molar refractivity (Wildman–Crippen MR) is 171 cm³/mol. The van der Waals surface area contributed by atoms with Crippen LogP contribution in [0.1, 0.15) is 132 Å². The van der Waals surface area contributed by atoms with Crippen LogP contribution in [-0.4, -0.2) is 51.4 Å². The second-order valence-electron chi connectivity index (χ2n) is 15.7. The second-order valence-corrected chi connectivity index (χ2v) is 15.7. The molecule has 248 valence electrons. The second kappa shape index (κ2) is 13.4. The molecule has 0 aromatic heterocycles. The van der Waals surface area contributed by atoms with Gasteiger partial charge in [0.1, 0.15) is 11.9 Å². The van der Waals surface area contributed by atoms with E-state index in [0.29, 0.717) is 43.0 Å². The molecule has 7 nitrogen and oxygen atoms in total. The predicted octanol–water partition coefficient (Wildman–Crippen LogP) is 7.19. The van der Waals surface area contributed by atoms with Gasteiger partial charge in [0.15, 0.2) is 0 Å². The van der Waals surface area contributed by atoms with Gasteiger partial charge in [-0.05, 0) is 124 Å². The van der Waals surface area contributed by atoms with Gasteiger partial charge in [-0.1, -0.05) is 45.8 Å². The molecule has 0 spiro atoms. The molecule has 5 aliphatic rings. The van der Waals surface area contributed by atoms with Crippen molar-refractivity contribution in [2.45, 2.75) is 150 Å². The largest absolute Gasteiger partial charge is 0.478 e. The number of hydrogen-bond donors (Lipinski definition) is 3. The number of carboxylic acids is 1. The summed E-state index contributed by atoms with van der Waals surface area (Å²) in [5.41, 5.74) is 1.57. The molecule has 0 aromatic rings. The summed E-state index contributed by atoms with van der Waals surface area (Å²) in [5.74, 6) is -0.445. The fraction of sp³-hybridized carbons (Fsp3) is 0.811. The molecule has 0 bridgehead atoms. The van der Waals surface area contributed by atoms with Crippen molar-refractivity contribution in [2.24, 2.45) is 39.9 Å². The van der Waals surface area contributed by atoms with E-state index in [4.69, 9.17) is 4.74 Å². The first-order chi connectivity index (χ1) is 20.6. The number of allylic oxidation sites excluding steroid dienone is 2. The lowest BCUT2D eigenvalue weighted by atomic mass is 9.36. The Morgan fingerprint density at radius 1 is 0.955 bits per heavy atom. The average Bonchev–Trinajstić information content (AvgIpc) is 3.20. The maximum atomic E-state index is 12.6. The number of carboxylic acid groups (broad SMARTS) is 1. The zero-order chi connectivity index (χ0) is 32.6. The van der Waals surface area contributed by atoms with Crippen LogP contribution in [0.5, 0.6) is 0 Å². The van der Waals surface area contributed by atoms with E-state index >= 15 is 0 Å². The van der Waals surface area contributed by atoms with Gasteiger partial charge in [-0.25, -0.2) is 4.79 Å². The average molecular weight is 615 g/mol. The molecule has 0 unspecified atom stereocenters. The van der Waals surface area contributed by atoms with Crippen molar-refractivity contribution < 1.29 is 34.4 Å². The minimum atomic E-state index is -0.953. The molecule has 44 heavy (non-hydrogen) atoms. The van der Waals surface area contributed by atoms with Crippen LogP contribution in [0.2, 0.25) is 0 Å². The first-order valence-electron chi connectivity index (χ1n) is 17.2. The number of aliphatic hydroxyl groups is 2. The van der Waals surface area contributed by atoms with E-state index in [1.807, 2.05) is 19.9 Å². The maximum Gasteiger partial charge on any atom is 0.331 e. The van der Waals surface area contributed by atoms with Crippen LogP contribution in [0.3, 0.4) is 0 Å². The standard InChI is InChI=1S/C31H48O6.C6H10O/c1-17(2)9-8-10-20(28(35)36)26-22-15-24(34)27-29(5)13-12-23(33)18(3)21(29)11-14-30(27,6)31(22,7)16-25(26)37-19(4)32;7-6-4-2-1-3-5-6/h9,18,21-25,27,33-34H,8,10-16H2,1-7H3,(H,35,36);1-5H2/b26-20-;/t18-,21-,22-,23+,24+,25-,27-,29-,30-,31-;/m0./s1. The summed E-state index contributed by atoms with van der Waals surface area (Å²) in [7, 11) is 0. The Labute approximate surface area is 264 Å². The topological polar surface area (TPSA) is 121 Å². The normalized spacial score (nSPS) is 42.5. The third-order valence-corrected chi connectivity index (χ3v) is 13.0. The Hall–Kier alpha value is -1.99. The van der Waals surface area contributed by atoms with E-state index in [-0.39, 0.29) is 40.1 Å². The number of ether oxygens (including phenoxy) is 1. The van der Waals surface area contributed by atoms with Crippen LogP contribution >= 0.6 is 0 Å². The Morgan fingerprint density at radius 3 is 2.16 bits per heavy atom. The van der Waals surface area contributed by atoms with Crippen molar-refractivity contribution in [3.8, 4) is 0 Å². The number of carbonyl (C=O) groups excluding carboxylic acids is 2. The summed E-state index contributed by atoms with van der Waals surface area (Å²) in [5, 5.41) is 32.9. The summed E-state index contributed by atoms with van der Waals surface area (Å²) < 4.78 is 5.87. The summed E-state index contributed by atoms with van der Waals surface area (Å²) >= 11 is 0. The van der Waals surface area contributed by atoms with Crippen molar-refractivity contribution in [2.75, 3.05) is 0 Å². The molecule has 10 atom stereocenters. The number of rotatable bonds is 5. The quantitative estimate of drug-likeness (QED) is 0.170. The molecule has 0 amide bonds. The summed E-state index contributed by atoms with van der Waals surface area (Å²) in [4.78, 5) is 35.3. The minimum Gasteiger partial charge on any atom is -0.478 e. The Bertz CT molecular complexity index is 1160. The van der Waals surface area contributed by atoms with E-state index in [9.17, 15) is 29.7 Å². The van der Waals surface area contributed by atoms with E-state index < -0.39 is 24.1 Å². The van der Waals surface area contributed by atoms with E-state index in [1.165, 1.54) is 13.3 Å². The van der Waals surface area contributed by atoms with Crippen LogP contribution in [0.4, 0.5) is 0 Å². The minimum absolute atomic E-state index is 0.0474. The van der Waals surface area contributed by atoms with Crippen molar-refractivity contribution in [3.63, 3.8) is 0 Å². The fourth-order valence-electron chi connectivity index (χ4n) is 10.7. The van der Waals surface area contributed by atoms with Gasteiger partial charge in [0.05, 0.1) is 12.2 Å². The van der Waals surface area contributed by atoms with Crippen LogP contribution in [0.15, 0.2) is 22.8 Å². The van der Waals surface area contributed by atoms with Gasteiger partial charge in [-0.3, -0.25) is 9.59 Å². The summed E-state index contributed by atoms with van der Waals surface area (Å²) in [6, 6.07) is 0. The van der Waals surface area contributed by atoms with Crippen molar-refractivity contribution >= 4 is 17.7 Å². The molecule has 0 heterocycles. The Morgan fingerprint density at radius 2 is 1.61 bits per heavy atom. The molecule has 7 heteroatoms. The van der Waals surface area contributed by atoms with Crippen LogP contribution in [0, 0.1) is 39.9 Å². The van der Waals surface area contributed by atoms with Gasteiger partial charge in [0.25, 0.3) is 0 Å². The highest BCUT2D eigenvalue weighted by molar-refractivity contribution is 5.88. The third kappa shape index (κ3) is 6.34. The number of aliphatic hydroxyl groups excluding tert-OH is 2. The lowest BCUT2D eigenvalue weighted by molar-refractivity contribution is -0.234. The molecular weight excluding hydrogens is 556 g/mol. The maximum absolute atomic E-state index is 12.6. The first kappa shape index (κ1) is 34.9. The van der Waals surface area contributed by atoms with E-state index in [0.717, 1.165) is 62.5 Å². The van der Waals surface area contributed by atoms with Crippen molar-refractivity contribution in [1.29, 1.82) is 0 Å². The number of carbonyl (C=O) groups is 3. The molecule has 0 aliphatic heterocycles. The lowest BCUT2D eigenvalue weighted by Crippen LogP contribution is -2.65. The zero-order valence-electron chi connectivity index (χ0n) is 28.3. The van der Waals surface area contributed by atoms with Gasteiger partial charge in [0.2, 0.25) is 0 Å². The highest BCUT2D eigenvalue weighted by Gasteiger charge is 2.70. The number of ketones is 1. The highest BCUT2D eigenvalue weighted by atomic mass is 16.5.